The first kappa shape index (κ1) is 11.9. The summed E-state index contributed by atoms with van der Waals surface area (Å²) in [6.07, 6.45) is 3.27. The Morgan fingerprint density at radius 3 is 2.68 bits per heavy atom. The van der Waals surface area contributed by atoms with Crippen molar-refractivity contribution in [1.82, 2.24) is 9.97 Å². The minimum absolute atomic E-state index is 0.0545. The van der Waals surface area contributed by atoms with E-state index in [0.717, 1.165) is 5.56 Å². The van der Waals surface area contributed by atoms with Gasteiger partial charge < -0.3 is 4.98 Å². The van der Waals surface area contributed by atoms with Crippen molar-refractivity contribution in [3.05, 3.63) is 64.4 Å². The second-order valence-corrected chi connectivity index (χ2v) is 4.82. The number of pyridine rings is 1. The van der Waals surface area contributed by atoms with E-state index in [2.05, 4.69) is 9.97 Å². The molecule has 4 heteroatoms. The summed E-state index contributed by atoms with van der Waals surface area (Å²) in [4.78, 5) is 19.6. The van der Waals surface area contributed by atoms with Gasteiger partial charge in [0.1, 0.15) is 5.65 Å². The van der Waals surface area contributed by atoms with E-state index in [-0.39, 0.29) is 5.78 Å². The van der Waals surface area contributed by atoms with E-state index >= 15 is 0 Å². The summed E-state index contributed by atoms with van der Waals surface area (Å²) in [5.74, 6) is -0.0545. The van der Waals surface area contributed by atoms with Crippen molar-refractivity contribution in [2.75, 3.05) is 0 Å². The Balaban J connectivity index is 2.14. The molecule has 2 aromatic heterocycles. The maximum Gasteiger partial charge on any atom is 0.195 e. The van der Waals surface area contributed by atoms with Gasteiger partial charge in [-0.05, 0) is 13.0 Å². The fourth-order valence-electron chi connectivity index (χ4n) is 2.06. The van der Waals surface area contributed by atoms with Gasteiger partial charge >= 0.3 is 0 Å². The summed E-state index contributed by atoms with van der Waals surface area (Å²) in [6, 6.07) is 9.16. The summed E-state index contributed by atoms with van der Waals surface area (Å²) in [5.41, 5.74) is 2.95. The molecule has 0 radical (unpaired) electrons. The monoisotopic (exact) mass is 270 g/mol. The second kappa shape index (κ2) is 4.52. The molecule has 3 rings (SSSR count). The molecule has 3 aromatic rings. The van der Waals surface area contributed by atoms with Crippen molar-refractivity contribution in [1.29, 1.82) is 0 Å². The van der Waals surface area contributed by atoms with Crippen LogP contribution in [0.5, 0.6) is 0 Å². The van der Waals surface area contributed by atoms with Crippen molar-refractivity contribution >= 4 is 28.4 Å². The molecule has 2 heterocycles. The molecule has 0 fully saturated rings. The summed E-state index contributed by atoms with van der Waals surface area (Å²) in [7, 11) is 0. The highest BCUT2D eigenvalue weighted by Crippen LogP contribution is 2.26. The lowest BCUT2D eigenvalue weighted by atomic mass is 10.0. The molecular weight excluding hydrogens is 260 g/mol. The highest BCUT2D eigenvalue weighted by molar-refractivity contribution is 6.37. The van der Waals surface area contributed by atoms with Crippen LogP contribution < -0.4 is 0 Å². The number of aromatic amines is 1. The number of hydrogen-bond acceptors (Lipinski definition) is 2. The van der Waals surface area contributed by atoms with E-state index in [9.17, 15) is 4.79 Å². The van der Waals surface area contributed by atoms with E-state index in [1.165, 1.54) is 0 Å². The van der Waals surface area contributed by atoms with Crippen molar-refractivity contribution in [3.63, 3.8) is 0 Å². The summed E-state index contributed by atoms with van der Waals surface area (Å²) in [6.45, 7) is 1.99. The van der Waals surface area contributed by atoms with Crippen LogP contribution in [0.15, 0.2) is 42.7 Å². The number of H-pyrrole nitrogens is 1. The number of rotatable bonds is 2. The van der Waals surface area contributed by atoms with Crippen LogP contribution in [0, 0.1) is 6.92 Å². The van der Waals surface area contributed by atoms with Crippen molar-refractivity contribution in [2.45, 2.75) is 6.92 Å². The Labute approximate surface area is 115 Å². The first-order valence-electron chi connectivity index (χ1n) is 5.90. The zero-order valence-corrected chi connectivity index (χ0v) is 11.0. The molecule has 1 aromatic carbocycles. The van der Waals surface area contributed by atoms with Gasteiger partial charge in [-0.2, -0.15) is 0 Å². The molecule has 1 N–H and O–H groups in total. The minimum Gasteiger partial charge on any atom is -0.345 e. The lowest BCUT2D eigenvalue weighted by Crippen LogP contribution is -2.00. The Kier molecular flexibility index (Phi) is 2.84. The van der Waals surface area contributed by atoms with E-state index in [1.54, 1.807) is 18.5 Å². The molecule has 0 saturated carbocycles. The second-order valence-electron chi connectivity index (χ2n) is 4.41. The lowest BCUT2D eigenvalue weighted by Gasteiger charge is -2.01. The Bertz CT molecular complexity index is 759. The number of carbonyl (C=O) groups is 1. The molecule has 0 aliphatic rings. The number of ketones is 1. The number of hydrogen-bond donors (Lipinski definition) is 1. The molecule has 0 aliphatic heterocycles. The molecule has 3 nitrogen and oxygen atoms in total. The van der Waals surface area contributed by atoms with E-state index in [0.29, 0.717) is 27.2 Å². The zero-order chi connectivity index (χ0) is 13.4. The van der Waals surface area contributed by atoms with E-state index in [1.807, 2.05) is 31.2 Å². The normalized spacial score (nSPS) is 10.8. The van der Waals surface area contributed by atoms with Crippen molar-refractivity contribution in [3.8, 4) is 0 Å². The average molecular weight is 271 g/mol. The Hall–Kier alpha value is -2.13. The fraction of sp³-hybridized carbons (Fsp3) is 0.0667. The van der Waals surface area contributed by atoms with Crippen molar-refractivity contribution < 1.29 is 4.79 Å². The summed E-state index contributed by atoms with van der Waals surface area (Å²) < 4.78 is 0. The first-order chi connectivity index (χ1) is 9.16. The molecule has 0 unspecified atom stereocenters. The Morgan fingerprint density at radius 2 is 1.95 bits per heavy atom. The molecule has 0 spiro atoms. The average Bonchev–Trinajstić information content (AvgIpc) is 2.84. The van der Waals surface area contributed by atoms with Crippen LogP contribution in [0.3, 0.4) is 0 Å². The first-order valence-corrected chi connectivity index (χ1v) is 6.27. The molecule has 19 heavy (non-hydrogen) atoms. The molecule has 94 valence electrons. The zero-order valence-electron chi connectivity index (χ0n) is 10.3. The Morgan fingerprint density at radius 1 is 1.21 bits per heavy atom. The number of benzene rings is 1. The van der Waals surface area contributed by atoms with Crippen LogP contribution in [-0.4, -0.2) is 15.8 Å². The van der Waals surface area contributed by atoms with Crippen molar-refractivity contribution in [2.24, 2.45) is 0 Å². The predicted octanol–water partition coefficient (Wildman–Crippen LogP) is 3.76. The van der Waals surface area contributed by atoms with Gasteiger partial charge in [-0.15, -0.1) is 0 Å². The van der Waals surface area contributed by atoms with Gasteiger partial charge in [0.2, 0.25) is 0 Å². The number of halogens is 1. The van der Waals surface area contributed by atoms with Gasteiger partial charge in [-0.3, -0.25) is 4.79 Å². The van der Waals surface area contributed by atoms with E-state index in [4.69, 9.17) is 11.6 Å². The SMILES string of the molecule is Cc1ccc(C(=O)c2c[nH]c3nccc(Cl)c23)cc1. The van der Waals surface area contributed by atoms with Gasteiger partial charge in [0, 0.05) is 23.3 Å². The number of nitrogens with zero attached hydrogens (tertiary/aromatic N) is 1. The maximum atomic E-state index is 12.5. The highest BCUT2D eigenvalue weighted by Gasteiger charge is 2.16. The number of fused-ring (bicyclic) bond motifs is 1. The quantitative estimate of drug-likeness (QED) is 0.721. The molecule has 0 aliphatic carbocycles. The van der Waals surface area contributed by atoms with Gasteiger partial charge in [0.05, 0.1) is 10.6 Å². The summed E-state index contributed by atoms with van der Waals surface area (Å²) >= 11 is 6.15. The molecular formula is C15H11ClN2O. The summed E-state index contributed by atoms with van der Waals surface area (Å²) in [5, 5.41) is 1.21. The van der Waals surface area contributed by atoms with Crippen LogP contribution in [0.4, 0.5) is 0 Å². The maximum absolute atomic E-state index is 12.5. The largest absolute Gasteiger partial charge is 0.345 e. The van der Waals surface area contributed by atoms with Gasteiger partial charge in [0.15, 0.2) is 5.78 Å². The highest BCUT2D eigenvalue weighted by atomic mass is 35.5. The number of carbonyl (C=O) groups excluding carboxylic acids is 1. The minimum atomic E-state index is -0.0545. The van der Waals surface area contributed by atoms with Gasteiger partial charge in [-0.1, -0.05) is 41.4 Å². The van der Waals surface area contributed by atoms with Crippen LogP contribution in [-0.2, 0) is 0 Å². The number of nitrogens with one attached hydrogen (secondary N) is 1. The number of aromatic nitrogens is 2. The smallest absolute Gasteiger partial charge is 0.195 e. The fourth-order valence-corrected chi connectivity index (χ4v) is 2.30. The lowest BCUT2D eigenvalue weighted by molar-refractivity contribution is 0.104. The molecule has 0 amide bonds. The third kappa shape index (κ3) is 2.02. The third-order valence-electron chi connectivity index (χ3n) is 3.08. The topological polar surface area (TPSA) is 45.8 Å². The van der Waals surface area contributed by atoms with E-state index < -0.39 is 0 Å². The van der Waals surface area contributed by atoms with Crippen LogP contribution >= 0.6 is 11.6 Å². The standard InChI is InChI=1S/C15H11ClN2O/c1-9-2-4-10(5-3-9)14(19)11-8-18-15-13(11)12(16)6-7-17-15/h2-8H,1H3,(H,17,18). The predicted molar refractivity (Wildman–Crippen MR) is 75.7 cm³/mol. The van der Waals surface area contributed by atoms with Gasteiger partial charge in [0.25, 0.3) is 0 Å². The van der Waals surface area contributed by atoms with Crippen LogP contribution in [0.2, 0.25) is 5.02 Å². The molecule has 0 saturated heterocycles. The number of aryl methyl sites for hydroxylation is 1. The van der Waals surface area contributed by atoms with Gasteiger partial charge in [-0.25, -0.2) is 4.98 Å². The van der Waals surface area contributed by atoms with Crippen LogP contribution in [0.25, 0.3) is 11.0 Å². The van der Waals surface area contributed by atoms with Crippen LogP contribution in [0.1, 0.15) is 21.5 Å². The molecule has 0 atom stereocenters. The molecule has 0 bridgehead atoms. The third-order valence-corrected chi connectivity index (χ3v) is 3.40.